The van der Waals surface area contributed by atoms with E-state index in [4.69, 9.17) is 5.11 Å². The van der Waals surface area contributed by atoms with Crippen LogP contribution in [0.1, 0.15) is 12.8 Å². The molecule has 0 spiro atoms. The molecule has 2 radical (unpaired) electrons. The predicted molar refractivity (Wildman–Crippen MR) is 34.0 cm³/mol. The predicted octanol–water partition coefficient (Wildman–Crippen LogP) is -0.741. The third-order valence-corrected chi connectivity index (χ3v) is 3.57. The van der Waals surface area contributed by atoms with E-state index in [1.54, 1.807) is 0 Å². The first kappa shape index (κ1) is 6.83. The summed E-state index contributed by atoms with van der Waals surface area (Å²) in [6, 6.07) is 0.511. The number of hydrogen-bond acceptors (Lipinski definition) is 2. The molecule has 0 aliphatic carbocycles. The Morgan fingerprint density at radius 3 is 2.75 bits per heavy atom. The quantitative estimate of drug-likeness (QED) is 0.588. The molecule has 1 fully saturated rings. The van der Waals surface area contributed by atoms with Gasteiger partial charge in [0.25, 0.3) is 0 Å². The van der Waals surface area contributed by atoms with Crippen LogP contribution in [0.15, 0.2) is 0 Å². The van der Waals surface area contributed by atoms with Gasteiger partial charge in [-0.25, -0.2) is 0 Å². The Bertz CT molecular complexity index is 78.8. The summed E-state index contributed by atoms with van der Waals surface area (Å²) in [4.78, 5) is 0. The van der Waals surface area contributed by atoms with E-state index in [9.17, 15) is 0 Å². The Balaban J connectivity index is 2.30. The molecule has 1 N–H and O–H groups in total. The first-order valence-corrected chi connectivity index (χ1v) is 4.44. The van der Waals surface area contributed by atoms with Crippen molar-refractivity contribution in [1.82, 2.24) is 3.12 Å². The van der Waals surface area contributed by atoms with Gasteiger partial charge < -0.3 is 0 Å². The summed E-state index contributed by atoms with van der Waals surface area (Å²) < 4.78 is 2.34. The summed E-state index contributed by atoms with van der Waals surface area (Å²) in [5, 5.41) is 8.72. The molecule has 1 rings (SSSR count). The van der Waals surface area contributed by atoms with Gasteiger partial charge in [0.05, 0.1) is 0 Å². The molecule has 1 unspecified atom stereocenters. The molecule has 0 aromatic carbocycles. The molecule has 0 saturated carbocycles. The van der Waals surface area contributed by atoms with Crippen LogP contribution in [0.2, 0.25) is 0 Å². The van der Waals surface area contributed by atoms with Crippen LogP contribution < -0.4 is 0 Å². The van der Waals surface area contributed by atoms with Gasteiger partial charge in [-0.3, -0.25) is 0 Å². The molecule has 1 heterocycles. The third-order valence-electron chi connectivity index (χ3n) is 1.63. The summed E-state index contributed by atoms with van der Waals surface area (Å²) in [5.41, 5.74) is 0. The van der Waals surface area contributed by atoms with E-state index in [-0.39, 0.29) is 0 Å². The first-order valence-electron chi connectivity index (χ1n) is 2.97. The zero-order valence-corrected chi connectivity index (χ0v) is 8.17. The molecular formula is C5H11NOSn. The van der Waals surface area contributed by atoms with Gasteiger partial charge in [0.15, 0.2) is 0 Å². The van der Waals surface area contributed by atoms with Gasteiger partial charge in [-0.2, -0.15) is 0 Å². The van der Waals surface area contributed by atoms with E-state index in [1.807, 2.05) is 0 Å². The van der Waals surface area contributed by atoms with Gasteiger partial charge in [0.1, 0.15) is 0 Å². The van der Waals surface area contributed by atoms with Gasteiger partial charge >= 0.3 is 63.1 Å². The molecule has 1 aliphatic heterocycles. The molecule has 0 aromatic rings. The van der Waals surface area contributed by atoms with Crippen LogP contribution in [-0.2, 0) is 0 Å². The van der Waals surface area contributed by atoms with E-state index in [2.05, 4.69) is 3.12 Å². The molecule has 1 saturated heterocycles. The van der Waals surface area contributed by atoms with E-state index >= 15 is 0 Å². The van der Waals surface area contributed by atoms with Crippen LogP contribution in [0.5, 0.6) is 0 Å². The van der Waals surface area contributed by atoms with Crippen molar-refractivity contribution in [2.45, 2.75) is 18.9 Å². The van der Waals surface area contributed by atoms with E-state index in [0.717, 1.165) is 0 Å². The molecule has 1 aliphatic rings. The fourth-order valence-corrected chi connectivity index (χ4v) is 2.27. The third kappa shape index (κ3) is 1.36. The van der Waals surface area contributed by atoms with Crippen molar-refractivity contribution in [3.8, 4) is 0 Å². The molecule has 0 aromatic heterocycles. The van der Waals surface area contributed by atoms with Crippen molar-refractivity contribution in [3.63, 3.8) is 0 Å². The van der Waals surface area contributed by atoms with Crippen molar-refractivity contribution in [2.24, 2.45) is 0 Å². The van der Waals surface area contributed by atoms with Gasteiger partial charge in [-0.15, -0.1) is 0 Å². The molecule has 8 heavy (non-hydrogen) atoms. The monoisotopic (exact) mass is 221 g/mol. The zero-order valence-electron chi connectivity index (χ0n) is 4.88. The van der Waals surface area contributed by atoms with Crippen molar-refractivity contribution in [2.75, 3.05) is 13.2 Å². The molecule has 3 heteroatoms. The molecular weight excluding hydrogens is 209 g/mol. The Labute approximate surface area is 63.3 Å². The average Bonchev–Trinajstić information content (AvgIpc) is 2.14. The molecule has 0 amide bonds. The van der Waals surface area contributed by atoms with Crippen LogP contribution in [-0.4, -0.2) is 50.2 Å². The van der Waals surface area contributed by atoms with Crippen molar-refractivity contribution >= 4 is 22.8 Å². The van der Waals surface area contributed by atoms with Gasteiger partial charge in [-0.05, 0) is 0 Å². The topological polar surface area (TPSA) is 23.5 Å². The maximum atomic E-state index is 8.72. The number of hydrogen-bond donors (Lipinski definition) is 1. The molecule has 1 atom stereocenters. The number of aliphatic hydroxyl groups excluding tert-OH is 1. The minimum atomic E-state index is 0.362. The van der Waals surface area contributed by atoms with E-state index in [1.165, 1.54) is 42.2 Å². The van der Waals surface area contributed by atoms with Crippen molar-refractivity contribution in [3.05, 3.63) is 0 Å². The van der Waals surface area contributed by atoms with Crippen LogP contribution in [0, 0.1) is 0 Å². The number of nitrogens with zero attached hydrogens (tertiary/aromatic N) is 1. The summed E-state index contributed by atoms with van der Waals surface area (Å²) in [6.45, 7) is 1.58. The Morgan fingerprint density at radius 2 is 2.50 bits per heavy atom. The normalized spacial score (nSPS) is 31.5. The van der Waals surface area contributed by atoms with Crippen LogP contribution in [0.25, 0.3) is 0 Å². The van der Waals surface area contributed by atoms with Crippen LogP contribution >= 0.6 is 0 Å². The maximum absolute atomic E-state index is 8.72. The van der Waals surface area contributed by atoms with Crippen LogP contribution in [0.4, 0.5) is 0 Å². The standard InChI is InChI=1S/C5H10NO.Sn.H/c7-4-5-2-1-3-6-5;;/h5,7H,1-4H2;;/q-1;+1;. The Kier molecular flexibility index (Phi) is 2.59. The van der Waals surface area contributed by atoms with Crippen LogP contribution in [0.3, 0.4) is 0 Å². The Morgan fingerprint density at radius 1 is 1.75 bits per heavy atom. The fourth-order valence-electron chi connectivity index (χ4n) is 1.05. The second-order valence-corrected chi connectivity index (χ2v) is 4.11. The SMILES string of the molecule is OCC1CCC[N]1[SnH]. The first-order chi connectivity index (χ1) is 3.84. The fraction of sp³-hybridized carbons (Fsp3) is 1.00. The van der Waals surface area contributed by atoms with Gasteiger partial charge in [-0.1, -0.05) is 0 Å². The second kappa shape index (κ2) is 3.03. The number of rotatable bonds is 1. The van der Waals surface area contributed by atoms with E-state index < -0.39 is 0 Å². The van der Waals surface area contributed by atoms with E-state index in [0.29, 0.717) is 12.6 Å². The average molecular weight is 220 g/mol. The summed E-state index contributed by atoms with van der Waals surface area (Å²) in [5.74, 6) is 0. The Hall–Kier alpha value is 0.719. The molecule has 0 bridgehead atoms. The van der Waals surface area contributed by atoms with Gasteiger partial charge in [0.2, 0.25) is 0 Å². The number of aliphatic hydroxyl groups is 1. The summed E-state index contributed by atoms with van der Waals surface area (Å²) >= 11 is 1.18. The van der Waals surface area contributed by atoms with Crippen molar-refractivity contribution < 1.29 is 5.11 Å². The zero-order chi connectivity index (χ0) is 5.98. The second-order valence-electron chi connectivity index (χ2n) is 2.22. The summed E-state index contributed by atoms with van der Waals surface area (Å²) in [6.07, 6.45) is 2.49. The van der Waals surface area contributed by atoms with Crippen molar-refractivity contribution in [1.29, 1.82) is 0 Å². The molecule has 46 valence electrons. The van der Waals surface area contributed by atoms with Gasteiger partial charge in [0, 0.05) is 0 Å². The molecule has 2 nitrogen and oxygen atoms in total. The summed E-state index contributed by atoms with van der Waals surface area (Å²) in [7, 11) is 0. The minimum absolute atomic E-state index is 0.362.